The van der Waals surface area contributed by atoms with Gasteiger partial charge < -0.3 is 16.2 Å². The molecular weight excluding hydrogens is 216 g/mol. The number of carbonyl (C=O) groups excluding carboxylic acids is 1. The minimum atomic E-state index is -0.567. The summed E-state index contributed by atoms with van der Waals surface area (Å²) < 4.78 is 0. The quantitative estimate of drug-likeness (QED) is 0.736. The lowest BCUT2D eigenvalue weighted by atomic mass is 10.1. The van der Waals surface area contributed by atoms with Crippen LogP contribution in [-0.4, -0.2) is 17.1 Å². The van der Waals surface area contributed by atoms with Gasteiger partial charge in [0.05, 0.1) is 6.04 Å². The van der Waals surface area contributed by atoms with Crippen molar-refractivity contribution in [2.45, 2.75) is 13.0 Å². The number of phenolic OH excluding ortho intramolecular Hbond substituents is 1. The Morgan fingerprint density at radius 1 is 1.24 bits per heavy atom. The largest absolute Gasteiger partial charge is 0.507 e. The van der Waals surface area contributed by atoms with Crippen molar-refractivity contribution >= 4 is 22.4 Å². The van der Waals surface area contributed by atoms with E-state index in [1.54, 1.807) is 37.3 Å². The van der Waals surface area contributed by atoms with Gasteiger partial charge in [-0.2, -0.15) is 0 Å². The first kappa shape index (κ1) is 11.4. The maximum Gasteiger partial charge on any atom is 0.241 e. The summed E-state index contributed by atoms with van der Waals surface area (Å²) in [6, 6.07) is 9.97. The maximum atomic E-state index is 11.5. The van der Waals surface area contributed by atoms with Gasteiger partial charge in [0.1, 0.15) is 5.75 Å². The molecule has 0 spiro atoms. The van der Waals surface area contributed by atoms with Gasteiger partial charge in [-0.25, -0.2) is 0 Å². The van der Waals surface area contributed by atoms with Crippen LogP contribution in [0, 0.1) is 0 Å². The van der Waals surface area contributed by atoms with E-state index in [9.17, 15) is 9.90 Å². The van der Waals surface area contributed by atoms with Gasteiger partial charge in [0, 0.05) is 16.5 Å². The molecule has 4 heteroatoms. The fourth-order valence-electron chi connectivity index (χ4n) is 1.65. The average molecular weight is 230 g/mol. The second-order valence-electron chi connectivity index (χ2n) is 3.96. The van der Waals surface area contributed by atoms with Crippen molar-refractivity contribution in [2.75, 3.05) is 5.32 Å². The van der Waals surface area contributed by atoms with Gasteiger partial charge in [0.2, 0.25) is 5.91 Å². The van der Waals surface area contributed by atoms with Gasteiger partial charge in [-0.3, -0.25) is 4.79 Å². The lowest BCUT2D eigenvalue weighted by Crippen LogP contribution is -2.32. The molecule has 0 unspecified atom stereocenters. The van der Waals surface area contributed by atoms with E-state index in [-0.39, 0.29) is 11.7 Å². The highest BCUT2D eigenvalue weighted by Crippen LogP contribution is 2.29. The SMILES string of the molecule is C[C@@H](N)C(=O)Nc1cccc2c(O)cccc12. The zero-order valence-corrected chi connectivity index (χ0v) is 9.47. The van der Waals surface area contributed by atoms with Crippen molar-refractivity contribution in [1.82, 2.24) is 0 Å². The highest BCUT2D eigenvalue weighted by Gasteiger charge is 2.10. The summed E-state index contributed by atoms with van der Waals surface area (Å²) in [6.07, 6.45) is 0. The molecule has 0 fully saturated rings. The van der Waals surface area contributed by atoms with E-state index in [0.29, 0.717) is 11.1 Å². The number of fused-ring (bicyclic) bond motifs is 1. The first-order valence-electron chi connectivity index (χ1n) is 5.37. The predicted molar refractivity (Wildman–Crippen MR) is 67.9 cm³/mol. The van der Waals surface area contributed by atoms with Crippen LogP contribution in [0.3, 0.4) is 0 Å². The van der Waals surface area contributed by atoms with Crippen LogP contribution in [0.4, 0.5) is 5.69 Å². The van der Waals surface area contributed by atoms with Crippen molar-refractivity contribution in [3.63, 3.8) is 0 Å². The number of phenols is 1. The van der Waals surface area contributed by atoms with Crippen LogP contribution in [0.1, 0.15) is 6.92 Å². The number of nitrogens with one attached hydrogen (secondary N) is 1. The molecular formula is C13H14N2O2. The van der Waals surface area contributed by atoms with Crippen LogP contribution in [-0.2, 0) is 4.79 Å². The molecule has 0 aliphatic carbocycles. The van der Waals surface area contributed by atoms with Crippen molar-refractivity contribution in [3.8, 4) is 5.75 Å². The van der Waals surface area contributed by atoms with E-state index in [4.69, 9.17) is 5.73 Å². The Morgan fingerprint density at radius 2 is 1.88 bits per heavy atom. The van der Waals surface area contributed by atoms with Crippen LogP contribution < -0.4 is 11.1 Å². The lowest BCUT2D eigenvalue weighted by molar-refractivity contribution is -0.117. The molecule has 17 heavy (non-hydrogen) atoms. The van der Waals surface area contributed by atoms with Crippen LogP contribution in [0.25, 0.3) is 10.8 Å². The molecule has 0 saturated heterocycles. The van der Waals surface area contributed by atoms with Gasteiger partial charge in [-0.1, -0.05) is 24.3 Å². The Labute approximate surface area is 99.1 Å². The molecule has 0 heterocycles. The highest BCUT2D eigenvalue weighted by molar-refractivity contribution is 6.05. The Morgan fingerprint density at radius 3 is 2.59 bits per heavy atom. The molecule has 88 valence electrons. The zero-order chi connectivity index (χ0) is 12.4. The third-order valence-electron chi connectivity index (χ3n) is 2.57. The number of amides is 1. The van der Waals surface area contributed by atoms with Gasteiger partial charge in [0.15, 0.2) is 0 Å². The summed E-state index contributed by atoms with van der Waals surface area (Å²) >= 11 is 0. The van der Waals surface area contributed by atoms with E-state index in [2.05, 4.69) is 5.32 Å². The zero-order valence-electron chi connectivity index (χ0n) is 9.47. The fraction of sp³-hybridized carbons (Fsp3) is 0.154. The number of aromatic hydroxyl groups is 1. The highest BCUT2D eigenvalue weighted by atomic mass is 16.3. The van der Waals surface area contributed by atoms with Gasteiger partial charge in [-0.15, -0.1) is 0 Å². The van der Waals surface area contributed by atoms with Crippen molar-refractivity contribution in [3.05, 3.63) is 36.4 Å². The second kappa shape index (κ2) is 4.43. The molecule has 1 amide bonds. The van der Waals surface area contributed by atoms with E-state index in [1.807, 2.05) is 6.07 Å². The standard InChI is InChI=1S/C13H14N2O2/c1-8(14)13(17)15-11-6-2-5-10-9(11)4-3-7-12(10)16/h2-8,16H,14H2,1H3,(H,15,17)/t8-/m1/s1. The van der Waals surface area contributed by atoms with E-state index < -0.39 is 6.04 Å². The number of benzene rings is 2. The molecule has 2 rings (SSSR count). The monoisotopic (exact) mass is 230 g/mol. The predicted octanol–water partition coefficient (Wildman–Crippen LogP) is 1.83. The van der Waals surface area contributed by atoms with E-state index >= 15 is 0 Å². The maximum absolute atomic E-state index is 11.5. The number of hydrogen-bond donors (Lipinski definition) is 3. The summed E-state index contributed by atoms with van der Waals surface area (Å²) in [6.45, 7) is 1.62. The molecule has 0 radical (unpaired) electrons. The van der Waals surface area contributed by atoms with E-state index in [0.717, 1.165) is 5.39 Å². The second-order valence-corrected chi connectivity index (χ2v) is 3.96. The fourth-order valence-corrected chi connectivity index (χ4v) is 1.65. The Hall–Kier alpha value is -2.07. The first-order chi connectivity index (χ1) is 8.09. The third-order valence-corrected chi connectivity index (χ3v) is 2.57. The molecule has 2 aromatic rings. The number of hydrogen-bond acceptors (Lipinski definition) is 3. The minimum Gasteiger partial charge on any atom is -0.507 e. The van der Waals surface area contributed by atoms with Crippen LogP contribution in [0.5, 0.6) is 5.75 Å². The molecule has 0 aromatic heterocycles. The number of rotatable bonds is 2. The van der Waals surface area contributed by atoms with Crippen LogP contribution in [0.2, 0.25) is 0 Å². The Kier molecular flexibility index (Phi) is 2.97. The molecule has 0 bridgehead atoms. The number of nitrogens with two attached hydrogens (primary N) is 1. The summed E-state index contributed by atoms with van der Waals surface area (Å²) in [4.78, 5) is 11.5. The molecule has 4 N–H and O–H groups in total. The van der Waals surface area contributed by atoms with E-state index in [1.165, 1.54) is 0 Å². The van der Waals surface area contributed by atoms with Gasteiger partial charge >= 0.3 is 0 Å². The molecule has 0 aliphatic heterocycles. The molecule has 0 saturated carbocycles. The molecule has 0 aliphatic rings. The summed E-state index contributed by atoms with van der Waals surface area (Å²) in [5.74, 6) is -0.0553. The minimum absolute atomic E-state index is 0.194. The van der Waals surface area contributed by atoms with Gasteiger partial charge in [-0.05, 0) is 19.1 Å². The van der Waals surface area contributed by atoms with Crippen molar-refractivity contribution < 1.29 is 9.90 Å². The summed E-state index contributed by atoms with van der Waals surface area (Å²) in [7, 11) is 0. The van der Waals surface area contributed by atoms with Crippen LogP contribution in [0.15, 0.2) is 36.4 Å². The smallest absolute Gasteiger partial charge is 0.241 e. The summed E-state index contributed by atoms with van der Waals surface area (Å²) in [5.41, 5.74) is 6.15. The van der Waals surface area contributed by atoms with Crippen molar-refractivity contribution in [1.29, 1.82) is 0 Å². The Balaban J connectivity index is 2.48. The summed E-state index contributed by atoms with van der Waals surface area (Å²) in [5, 5.41) is 13.9. The lowest BCUT2D eigenvalue weighted by Gasteiger charge is -2.11. The number of anilines is 1. The molecule has 2 aromatic carbocycles. The average Bonchev–Trinajstić information content (AvgIpc) is 2.30. The third kappa shape index (κ3) is 2.21. The number of carbonyl (C=O) groups is 1. The normalized spacial score (nSPS) is 12.4. The molecule has 4 nitrogen and oxygen atoms in total. The Bertz CT molecular complexity index is 564. The van der Waals surface area contributed by atoms with Crippen molar-refractivity contribution in [2.24, 2.45) is 5.73 Å². The van der Waals surface area contributed by atoms with Crippen LogP contribution >= 0.6 is 0 Å². The van der Waals surface area contributed by atoms with Gasteiger partial charge in [0.25, 0.3) is 0 Å². The first-order valence-corrected chi connectivity index (χ1v) is 5.37. The molecule has 1 atom stereocenters. The topological polar surface area (TPSA) is 75.4 Å².